The normalized spacial score (nSPS) is 12.8. The fourth-order valence-corrected chi connectivity index (χ4v) is 1.98. The maximum atomic E-state index is 6.25. The van der Waals surface area contributed by atoms with Crippen LogP contribution in [0.25, 0.3) is 0 Å². The van der Waals surface area contributed by atoms with Crippen molar-refractivity contribution in [1.29, 1.82) is 0 Å². The van der Waals surface area contributed by atoms with Crippen LogP contribution in [0.4, 0.5) is 0 Å². The first-order valence-corrected chi connectivity index (χ1v) is 6.02. The molecule has 0 aliphatic rings. The van der Waals surface area contributed by atoms with E-state index in [1.54, 1.807) is 0 Å². The van der Waals surface area contributed by atoms with Crippen LogP contribution in [0.3, 0.4) is 0 Å². The Morgan fingerprint density at radius 2 is 2.31 bits per heavy atom. The maximum absolute atomic E-state index is 6.25. The van der Waals surface area contributed by atoms with Crippen molar-refractivity contribution in [2.75, 3.05) is 0 Å². The molecule has 0 radical (unpaired) electrons. The molecule has 0 fully saturated rings. The third kappa shape index (κ3) is 3.09. The fraction of sp³-hybridized carbons (Fsp3) is 0.583. The molecule has 0 saturated carbocycles. The summed E-state index contributed by atoms with van der Waals surface area (Å²) in [6.07, 6.45) is 3.74. The topological polar surface area (TPSA) is 29.9 Å². The van der Waals surface area contributed by atoms with Crippen LogP contribution >= 0.6 is 11.6 Å². The Kier molecular flexibility index (Phi) is 5.03. The lowest BCUT2D eigenvalue weighted by atomic mass is 10.2. The number of hydrogen-bond acceptors (Lipinski definition) is 2. The quantitative estimate of drug-likeness (QED) is 0.777. The van der Waals surface area contributed by atoms with Crippen molar-refractivity contribution in [3.63, 3.8) is 0 Å². The van der Waals surface area contributed by atoms with Gasteiger partial charge in [-0.15, -0.1) is 6.58 Å². The summed E-state index contributed by atoms with van der Waals surface area (Å²) in [7, 11) is 1.93. The second-order valence-electron chi connectivity index (χ2n) is 3.99. The van der Waals surface area contributed by atoms with Crippen molar-refractivity contribution in [3.05, 3.63) is 29.1 Å². The molecule has 0 spiro atoms. The lowest BCUT2D eigenvalue weighted by Crippen LogP contribution is -2.25. The molecule has 1 atom stereocenters. The molecule has 1 aromatic heterocycles. The van der Waals surface area contributed by atoms with Crippen LogP contribution in [0.1, 0.15) is 31.7 Å². The van der Waals surface area contributed by atoms with Crippen molar-refractivity contribution in [2.45, 2.75) is 39.3 Å². The Hall–Kier alpha value is -0.800. The van der Waals surface area contributed by atoms with Gasteiger partial charge in [-0.1, -0.05) is 24.6 Å². The van der Waals surface area contributed by atoms with E-state index in [4.69, 9.17) is 11.6 Å². The zero-order chi connectivity index (χ0) is 12.1. The summed E-state index contributed by atoms with van der Waals surface area (Å²) in [6, 6.07) is 0.411. The standard InChI is InChI=1S/C12H20ClN3/c1-5-7-9(3)14-8-11-12(13)10(6-2)15-16(11)4/h5,9,14H,1,6-8H2,2-4H3. The van der Waals surface area contributed by atoms with Crippen LogP contribution in [-0.2, 0) is 20.0 Å². The minimum Gasteiger partial charge on any atom is -0.308 e. The van der Waals surface area contributed by atoms with Gasteiger partial charge in [-0.3, -0.25) is 4.68 Å². The zero-order valence-corrected chi connectivity index (χ0v) is 11.0. The summed E-state index contributed by atoms with van der Waals surface area (Å²) in [4.78, 5) is 0. The number of hydrogen-bond donors (Lipinski definition) is 1. The zero-order valence-electron chi connectivity index (χ0n) is 10.3. The second-order valence-corrected chi connectivity index (χ2v) is 4.37. The Labute approximate surface area is 102 Å². The van der Waals surface area contributed by atoms with E-state index in [-0.39, 0.29) is 0 Å². The van der Waals surface area contributed by atoms with Gasteiger partial charge in [-0.05, 0) is 19.8 Å². The number of rotatable bonds is 6. The predicted molar refractivity (Wildman–Crippen MR) is 68.7 cm³/mol. The number of aromatic nitrogens is 2. The first-order valence-electron chi connectivity index (χ1n) is 5.64. The van der Waals surface area contributed by atoms with Gasteiger partial charge in [-0.2, -0.15) is 5.10 Å². The lowest BCUT2D eigenvalue weighted by molar-refractivity contribution is 0.532. The maximum Gasteiger partial charge on any atom is 0.0863 e. The minimum absolute atomic E-state index is 0.411. The van der Waals surface area contributed by atoms with Gasteiger partial charge in [0.25, 0.3) is 0 Å². The molecule has 1 aromatic rings. The Bertz CT molecular complexity index is 357. The molecule has 1 heterocycles. The van der Waals surface area contributed by atoms with E-state index in [0.29, 0.717) is 6.04 Å². The summed E-state index contributed by atoms with van der Waals surface area (Å²) < 4.78 is 1.86. The van der Waals surface area contributed by atoms with E-state index in [0.717, 1.165) is 35.8 Å². The van der Waals surface area contributed by atoms with Crippen LogP contribution in [0.2, 0.25) is 5.02 Å². The molecular formula is C12H20ClN3. The Balaban J connectivity index is 2.66. The molecule has 0 aliphatic heterocycles. The molecule has 0 aliphatic carbocycles. The third-order valence-corrected chi connectivity index (χ3v) is 3.08. The molecule has 0 amide bonds. The molecule has 0 aromatic carbocycles. The average Bonchev–Trinajstić information content (AvgIpc) is 2.52. The number of aryl methyl sites for hydroxylation is 2. The lowest BCUT2D eigenvalue weighted by Gasteiger charge is -2.11. The van der Waals surface area contributed by atoms with E-state index >= 15 is 0 Å². The van der Waals surface area contributed by atoms with Crippen LogP contribution in [0.15, 0.2) is 12.7 Å². The molecule has 16 heavy (non-hydrogen) atoms. The highest BCUT2D eigenvalue weighted by Crippen LogP contribution is 2.20. The van der Waals surface area contributed by atoms with E-state index in [9.17, 15) is 0 Å². The highest BCUT2D eigenvalue weighted by molar-refractivity contribution is 6.31. The van der Waals surface area contributed by atoms with E-state index < -0.39 is 0 Å². The largest absolute Gasteiger partial charge is 0.308 e. The number of nitrogens with one attached hydrogen (secondary N) is 1. The highest BCUT2D eigenvalue weighted by Gasteiger charge is 2.12. The molecule has 0 saturated heterocycles. The summed E-state index contributed by atoms with van der Waals surface area (Å²) in [5.74, 6) is 0. The van der Waals surface area contributed by atoms with Crippen LogP contribution in [-0.4, -0.2) is 15.8 Å². The molecule has 0 bridgehead atoms. The van der Waals surface area contributed by atoms with Gasteiger partial charge in [0, 0.05) is 19.6 Å². The number of halogens is 1. The molecule has 90 valence electrons. The van der Waals surface area contributed by atoms with Crippen molar-refractivity contribution < 1.29 is 0 Å². The smallest absolute Gasteiger partial charge is 0.0863 e. The summed E-state index contributed by atoms with van der Waals surface area (Å²) in [6.45, 7) is 8.66. The van der Waals surface area contributed by atoms with Crippen molar-refractivity contribution in [2.24, 2.45) is 7.05 Å². The van der Waals surface area contributed by atoms with Gasteiger partial charge in [0.1, 0.15) is 0 Å². The first-order chi connectivity index (χ1) is 7.60. The molecule has 3 nitrogen and oxygen atoms in total. The Morgan fingerprint density at radius 3 is 2.81 bits per heavy atom. The van der Waals surface area contributed by atoms with E-state index in [2.05, 4.69) is 30.8 Å². The summed E-state index contributed by atoms with van der Waals surface area (Å²) in [5.41, 5.74) is 2.02. The Morgan fingerprint density at radius 1 is 1.62 bits per heavy atom. The minimum atomic E-state index is 0.411. The predicted octanol–water partition coefficient (Wildman–Crippen LogP) is 2.69. The van der Waals surface area contributed by atoms with Crippen LogP contribution in [0.5, 0.6) is 0 Å². The highest BCUT2D eigenvalue weighted by atomic mass is 35.5. The van der Waals surface area contributed by atoms with Gasteiger partial charge >= 0.3 is 0 Å². The van der Waals surface area contributed by atoms with E-state index in [1.165, 1.54) is 0 Å². The monoisotopic (exact) mass is 241 g/mol. The van der Waals surface area contributed by atoms with E-state index in [1.807, 2.05) is 17.8 Å². The first kappa shape index (κ1) is 13.3. The fourth-order valence-electron chi connectivity index (χ4n) is 1.62. The SMILES string of the molecule is C=CCC(C)NCc1c(Cl)c(CC)nn1C. The molecule has 1 N–H and O–H groups in total. The van der Waals surface area contributed by atoms with Gasteiger partial charge in [0.15, 0.2) is 0 Å². The van der Waals surface area contributed by atoms with Crippen LogP contribution in [0, 0.1) is 0 Å². The third-order valence-electron chi connectivity index (χ3n) is 2.64. The van der Waals surface area contributed by atoms with Gasteiger partial charge < -0.3 is 5.32 Å². The molecule has 1 unspecified atom stereocenters. The van der Waals surface area contributed by atoms with Gasteiger partial charge in [0.05, 0.1) is 16.4 Å². The van der Waals surface area contributed by atoms with Crippen molar-refractivity contribution in [3.8, 4) is 0 Å². The van der Waals surface area contributed by atoms with Gasteiger partial charge in [0.2, 0.25) is 0 Å². The van der Waals surface area contributed by atoms with Crippen molar-refractivity contribution in [1.82, 2.24) is 15.1 Å². The average molecular weight is 242 g/mol. The van der Waals surface area contributed by atoms with Crippen LogP contribution < -0.4 is 5.32 Å². The number of nitrogens with zero attached hydrogens (tertiary/aromatic N) is 2. The van der Waals surface area contributed by atoms with Crippen molar-refractivity contribution >= 4 is 11.6 Å². The molecule has 4 heteroatoms. The van der Waals surface area contributed by atoms with Gasteiger partial charge in [-0.25, -0.2) is 0 Å². The molecular weight excluding hydrogens is 222 g/mol. The molecule has 1 rings (SSSR count). The summed E-state index contributed by atoms with van der Waals surface area (Å²) >= 11 is 6.25. The summed E-state index contributed by atoms with van der Waals surface area (Å²) in [5, 5.41) is 8.57. The second kappa shape index (κ2) is 6.06.